The monoisotopic (exact) mass is 382 g/mol. The molecule has 3 rings (SSSR count). The molecule has 0 radical (unpaired) electrons. The molecule has 0 aliphatic heterocycles. The molecule has 5 nitrogen and oxygen atoms in total. The standard InChI is InChI=1S/C12H12O3Si.C9H10O2/c13-9-5-1-3-7-11(9)15-16-12-8-4-2-6-10(12)14;1-2-7-11-9-5-3-8(10)4-6-9/h1-8,13-14H,16H2;2-6,10H,1,7H2. The predicted molar refractivity (Wildman–Crippen MR) is 109 cm³/mol. The molecule has 0 aromatic heterocycles. The summed E-state index contributed by atoms with van der Waals surface area (Å²) in [5.74, 6) is 1.84. The van der Waals surface area contributed by atoms with E-state index in [4.69, 9.17) is 14.3 Å². The van der Waals surface area contributed by atoms with Crippen LogP contribution >= 0.6 is 0 Å². The Hall–Kier alpha value is -3.38. The molecule has 140 valence electrons. The zero-order valence-electron chi connectivity index (χ0n) is 14.8. The van der Waals surface area contributed by atoms with E-state index in [9.17, 15) is 10.2 Å². The first kappa shape index (κ1) is 19.9. The quantitative estimate of drug-likeness (QED) is 0.451. The van der Waals surface area contributed by atoms with Crippen LogP contribution in [0.15, 0.2) is 85.5 Å². The van der Waals surface area contributed by atoms with E-state index in [1.165, 1.54) is 0 Å². The molecule has 27 heavy (non-hydrogen) atoms. The molecule has 0 bridgehead atoms. The summed E-state index contributed by atoms with van der Waals surface area (Å²) < 4.78 is 10.7. The van der Waals surface area contributed by atoms with Crippen molar-refractivity contribution in [2.24, 2.45) is 0 Å². The van der Waals surface area contributed by atoms with Gasteiger partial charge in [0.05, 0.1) is 0 Å². The van der Waals surface area contributed by atoms with E-state index in [1.807, 2.05) is 12.1 Å². The van der Waals surface area contributed by atoms with Crippen molar-refractivity contribution >= 4 is 14.9 Å². The fourth-order valence-electron chi connectivity index (χ4n) is 2.07. The third-order valence-corrected chi connectivity index (χ3v) is 4.81. The van der Waals surface area contributed by atoms with Crippen LogP contribution in [0, 0.1) is 0 Å². The van der Waals surface area contributed by atoms with Crippen LogP contribution in [0.3, 0.4) is 0 Å². The summed E-state index contributed by atoms with van der Waals surface area (Å²) in [5, 5.41) is 28.8. The maximum atomic E-state index is 9.55. The zero-order valence-corrected chi connectivity index (χ0v) is 16.2. The Morgan fingerprint density at radius 3 is 2.07 bits per heavy atom. The first-order valence-corrected chi connectivity index (χ1v) is 9.59. The maximum absolute atomic E-state index is 9.55. The van der Waals surface area contributed by atoms with E-state index >= 15 is 0 Å². The number of aromatic hydroxyl groups is 3. The van der Waals surface area contributed by atoms with Crippen LogP contribution in [-0.2, 0) is 0 Å². The van der Waals surface area contributed by atoms with Crippen molar-refractivity contribution in [1.82, 2.24) is 0 Å². The molecule has 0 saturated carbocycles. The number of ether oxygens (including phenoxy) is 1. The molecule has 3 aromatic rings. The molecule has 0 spiro atoms. The molecule has 0 saturated heterocycles. The maximum Gasteiger partial charge on any atom is 0.255 e. The van der Waals surface area contributed by atoms with Crippen molar-refractivity contribution in [2.75, 3.05) is 6.61 Å². The summed E-state index contributed by atoms with van der Waals surface area (Å²) in [6.07, 6.45) is 1.67. The van der Waals surface area contributed by atoms with E-state index < -0.39 is 9.76 Å². The Balaban J connectivity index is 0.000000208. The highest BCUT2D eigenvalue weighted by Gasteiger charge is 2.04. The lowest BCUT2D eigenvalue weighted by molar-refractivity contribution is 0.362. The van der Waals surface area contributed by atoms with Gasteiger partial charge in [-0.25, -0.2) is 0 Å². The van der Waals surface area contributed by atoms with Crippen LogP contribution in [0.4, 0.5) is 0 Å². The van der Waals surface area contributed by atoms with E-state index in [-0.39, 0.29) is 17.2 Å². The lowest BCUT2D eigenvalue weighted by atomic mass is 10.3. The van der Waals surface area contributed by atoms with Gasteiger partial charge < -0.3 is 24.5 Å². The first-order valence-electron chi connectivity index (χ1n) is 8.30. The summed E-state index contributed by atoms with van der Waals surface area (Å²) in [6, 6.07) is 20.5. The molecule has 0 amide bonds. The first-order chi connectivity index (χ1) is 13.1. The normalized spacial score (nSPS) is 10.1. The Morgan fingerprint density at radius 2 is 1.44 bits per heavy atom. The predicted octanol–water partition coefficient (Wildman–Crippen LogP) is 2.84. The Bertz CT molecular complexity index is 804. The number of benzene rings is 3. The molecule has 0 aliphatic carbocycles. The molecule has 6 heteroatoms. The van der Waals surface area contributed by atoms with Crippen LogP contribution in [0.2, 0.25) is 0 Å². The Morgan fingerprint density at radius 1 is 0.815 bits per heavy atom. The minimum atomic E-state index is -1.07. The van der Waals surface area contributed by atoms with E-state index in [1.54, 1.807) is 66.7 Å². The van der Waals surface area contributed by atoms with Gasteiger partial charge in [0, 0.05) is 5.19 Å². The van der Waals surface area contributed by atoms with Crippen LogP contribution in [0.1, 0.15) is 0 Å². The van der Waals surface area contributed by atoms with Gasteiger partial charge in [0.25, 0.3) is 9.76 Å². The van der Waals surface area contributed by atoms with Crippen molar-refractivity contribution < 1.29 is 24.5 Å². The van der Waals surface area contributed by atoms with Crippen LogP contribution in [0.25, 0.3) is 0 Å². The van der Waals surface area contributed by atoms with Crippen LogP contribution < -0.4 is 14.3 Å². The fourth-order valence-corrected chi connectivity index (χ4v) is 3.12. The van der Waals surface area contributed by atoms with Crippen LogP contribution in [-0.4, -0.2) is 31.7 Å². The molecule has 0 unspecified atom stereocenters. The summed E-state index contributed by atoms with van der Waals surface area (Å²) in [6.45, 7) is 4.01. The number of para-hydroxylation sites is 3. The number of hydrogen-bond acceptors (Lipinski definition) is 5. The van der Waals surface area contributed by atoms with E-state index in [0.717, 1.165) is 10.9 Å². The highest BCUT2D eigenvalue weighted by atomic mass is 28.2. The van der Waals surface area contributed by atoms with Gasteiger partial charge >= 0.3 is 0 Å². The summed E-state index contributed by atoms with van der Waals surface area (Å²) in [4.78, 5) is 0. The molecular weight excluding hydrogens is 360 g/mol. The third-order valence-electron chi connectivity index (χ3n) is 3.44. The average Bonchev–Trinajstić information content (AvgIpc) is 2.69. The van der Waals surface area contributed by atoms with Gasteiger partial charge in [-0.2, -0.15) is 0 Å². The number of rotatable bonds is 6. The summed E-state index contributed by atoms with van der Waals surface area (Å²) >= 11 is 0. The highest BCUT2D eigenvalue weighted by molar-refractivity contribution is 6.49. The highest BCUT2D eigenvalue weighted by Crippen LogP contribution is 2.23. The van der Waals surface area contributed by atoms with Crippen molar-refractivity contribution in [2.45, 2.75) is 0 Å². The molecule has 0 atom stereocenters. The number of phenols is 3. The summed E-state index contributed by atoms with van der Waals surface area (Å²) in [5.41, 5.74) is 0. The van der Waals surface area contributed by atoms with Gasteiger partial charge in [-0.15, -0.1) is 0 Å². The molecule has 3 aromatic carbocycles. The van der Waals surface area contributed by atoms with Crippen LogP contribution in [0.5, 0.6) is 28.7 Å². The van der Waals surface area contributed by atoms with Gasteiger partial charge in [-0.1, -0.05) is 43.0 Å². The minimum Gasteiger partial charge on any atom is -0.542 e. The Kier molecular flexibility index (Phi) is 7.81. The van der Waals surface area contributed by atoms with Gasteiger partial charge in [-0.3, -0.25) is 0 Å². The SMILES string of the molecule is C=CCOc1ccc(O)cc1.Oc1ccccc1O[SiH2]c1ccccc1O. The van der Waals surface area contributed by atoms with Gasteiger partial charge in [0.1, 0.15) is 29.6 Å². The molecule has 0 aliphatic rings. The molecule has 3 N–H and O–H groups in total. The second kappa shape index (κ2) is 10.6. The zero-order chi connectivity index (χ0) is 19.5. The van der Waals surface area contributed by atoms with Gasteiger partial charge in [-0.05, 0) is 42.5 Å². The van der Waals surface area contributed by atoms with E-state index in [2.05, 4.69) is 6.58 Å². The lowest BCUT2D eigenvalue weighted by Crippen LogP contribution is -2.20. The van der Waals surface area contributed by atoms with Crippen molar-refractivity contribution in [3.05, 3.63) is 85.5 Å². The molecular formula is C21H22O5Si. The molecule has 0 heterocycles. The second-order valence-corrected chi connectivity index (χ2v) is 6.82. The van der Waals surface area contributed by atoms with Crippen molar-refractivity contribution in [3.8, 4) is 28.7 Å². The number of hydrogen-bond donors (Lipinski definition) is 3. The third kappa shape index (κ3) is 6.79. The summed E-state index contributed by atoms with van der Waals surface area (Å²) in [7, 11) is -1.07. The largest absolute Gasteiger partial charge is 0.542 e. The lowest BCUT2D eigenvalue weighted by Gasteiger charge is -2.08. The number of phenolic OH excluding ortho intramolecular Hbond substituents is 3. The van der Waals surface area contributed by atoms with Gasteiger partial charge in [0.2, 0.25) is 0 Å². The Labute approximate surface area is 160 Å². The topological polar surface area (TPSA) is 79.2 Å². The molecule has 0 fully saturated rings. The van der Waals surface area contributed by atoms with Gasteiger partial charge in [0.15, 0.2) is 5.75 Å². The fraction of sp³-hybridized carbons (Fsp3) is 0.0476. The second-order valence-electron chi connectivity index (χ2n) is 5.48. The van der Waals surface area contributed by atoms with Crippen molar-refractivity contribution in [3.63, 3.8) is 0 Å². The van der Waals surface area contributed by atoms with Crippen molar-refractivity contribution in [1.29, 1.82) is 0 Å². The average molecular weight is 382 g/mol. The van der Waals surface area contributed by atoms with E-state index in [0.29, 0.717) is 12.4 Å². The minimum absolute atomic E-state index is 0.130. The smallest absolute Gasteiger partial charge is 0.255 e.